The number of anilines is 1. The molecular weight excluding hydrogens is 379 g/mol. The predicted molar refractivity (Wildman–Crippen MR) is 106 cm³/mol. The fourth-order valence-corrected chi connectivity index (χ4v) is 3.75. The standard InChI is InChI=1S/C21H19FN2O3S/c1-15(16-6-3-2-4-7-16)23-21(25)17-8-5-9-20(14-17)28(26,27)24-19-12-10-18(22)11-13-19/h2-15,24H,1H3,(H,23,25). The molecule has 0 saturated carbocycles. The summed E-state index contributed by atoms with van der Waals surface area (Å²) in [6, 6.07) is 19.9. The summed E-state index contributed by atoms with van der Waals surface area (Å²) in [6.07, 6.45) is 0. The van der Waals surface area contributed by atoms with E-state index >= 15 is 0 Å². The minimum Gasteiger partial charge on any atom is -0.346 e. The second kappa shape index (κ2) is 8.22. The SMILES string of the molecule is CC(NC(=O)c1cccc(S(=O)(=O)Nc2ccc(F)cc2)c1)c1ccccc1. The molecule has 1 unspecified atom stereocenters. The van der Waals surface area contributed by atoms with Crippen molar-refractivity contribution in [2.24, 2.45) is 0 Å². The third-order valence-corrected chi connectivity index (χ3v) is 5.53. The largest absolute Gasteiger partial charge is 0.346 e. The average Bonchev–Trinajstić information content (AvgIpc) is 2.70. The Morgan fingerprint density at radius 2 is 1.61 bits per heavy atom. The van der Waals surface area contributed by atoms with E-state index in [-0.39, 0.29) is 28.1 Å². The van der Waals surface area contributed by atoms with E-state index in [0.717, 1.165) is 17.7 Å². The molecule has 0 saturated heterocycles. The van der Waals surface area contributed by atoms with Gasteiger partial charge >= 0.3 is 0 Å². The van der Waals surface area contributed by atoms with Crippen LogP contribution < -0.4 is 10.0 Å². The summed E-state index contributed by atoms with van der Waals surface area (Å²) in [5, 5.41) is 2.85. The number of carbonyl (C=O) groups is 1. The molecule has 0 aliphatic rings. The van der Waals surface area contributed by atoms with Gasteiger partial charge < -0.3 is 5.32 Å². The van der Waals surface area contributed by atoms with Gasteiger partial charge in [0.05, 0.1) is 10.9 Å². The summed E-state index contributed by atoms with van der Waals surface area (Å²) in [7, 11) is -3.92. The molecule has 0 spiro atoms. The summed E-state index contributed by atoms with van der Waals surface area (Å²) >= 11 is 0. The minimum atomic E-state index is -3.92. The van der Waals surface area contributed by atoms with Gasteiger partial charge in [-0.05, 0) is 55.0 Å². The molecule has 0 aromatic heterocycles. The van der Waals surface area contributed by atoms with Crippen molar-refractivity contribution in [3.63, 3.8) is 0 Å². The van der Waals surface area contributed by atoms with Gasteiger partial charge in [-0.1, -0.05) is 36.4 Å². The van der Waals surface area contributed by atoms with Crippen LogP contribution in [0.3, 0.4) is 0 Å². The molecule has 0 heterocycles. The number of halogens is 1. The number of nitrogens with one attached hydrogen (secondary N) is 2. The van der Waals surface area contributed by atoms with E-state index in [1.54, 1.807) is 6.07 Å². The molecule has 0 aliphatic carbocycles. The zero-order chi connectivity index (χ0) is 20.1. The minimum absolute atomic E-state index is 0.0585. The van der Waals surface area contributed by atoms with E-state index in [9.17, 15) is 17.6 Å². The molecule has 28 heavy (non-hydrogen) atoms. The highest BCUT2D eigenvalue weighted by Gasteiger charge is 2.18. The van der Waals surface area contributed by atoms with E-state index in [1.807, 2.05) is 37.3 Å². The van der Waals surface area contributed by atoms with Crippen molar-refractivity contribution in [3.8, 4) is 0 Å². The maximum Gasteiger partial charge on any atom is 0.261 e. The number of hydrogen-bond acceptors (Lipinski definition) is 3. The summed E-state index contributed by atoms with van der Waals surface area (Å²) < 4.78 is 40.5. The first-order chi connectivity index (χ1) is 13.3. The quantitative estimate of drug-likeness (QED) is 0.656. The van der Waals surface area contributed by atoms with Crippen LogP contribution in [0.15, 0.2) is 83.8 Å². The van der Waals surface area contributed by atoms with Crippen LogP contribution in [0.1, 0.15) is 28.9 Å². The van der Waals surface area contributed by atoms with Gasteiger partial charge in [-0.15, -0.1) is 0 Å². The van der Waals surface area contributed by atoms with Crippen LogP contribution in [-0.2, 0) is 10.0 Å². The highest BCUT2D eigenvalue weighted by atomic mass is 32.2. The van der Waals surface area contributed by atoms with Crippen LogP contribution in [0.5, 0.6) is 0 Å². The Morgan fingerprint density at radius 3 is 2.29 bits per heavy atom. The molecule has 3 aromatic rings. The van der Waals surface area contributed by atoms with Gasteiger partial charge in [0.25, 0.3) is 15.9 Å². The van der Waals surface area contributed by atoms with Crippen molar-refractivity contribution < 1.29 is 17.6 Å². The van der Waals surface area contributed by atoms with Gasteiger partial charge in [0.1, 0.15) is 5.82 Å². The summed E-state index contributed by atoms with van der Waals surface area (Å²) in [5.74, 6) is -0.843. The van der Waals surface area contributed by atoms with E-state index in [0.29, 0.717) is 0 Å². The molecular formula is C21H19FN2O3S. The fraction of sp³-hybridized carbons (Fsp3) is 0.0952. The van der Waals surface area contributed by atoms with E-state index in [4.69, 9.17) is 0 Å². The highest BCUT2D eigenvalue weighted by Crippen LogP contribution is 2.18. The van der Waals surface area contributed by atoms with E-state index in [2.05, 4.69) is 10.0 Å². The number of rotatable bonds is 6. The summed E-state index contributed by atoms with van der Waals surface area (Å²) in [4.78, 5) is 12.5. The van der Waals surface area contributed by atoms with Gasteiger partial charge in [-0.2, -0.15) is 0 Å². The van der Waals surface area contributed by atoms with Crippen LogP contribution in [0.4, 0.5) is 10.1 Å². The first-order valence-corrected chi connectivity index (χ1v) is 10.1. The van der Waals surface area contributed by atoms with Crippen molar-refractivity contribution in [3.05, 3.63) is 95.8 Å². The van der Waals surface area contributed by atoms with Crippen LogP contribution in [0, 0.1) is 5.82 Å². The monoisotopic (exact) mass is 398 g/mol. The number of amides is 1. The number of benzene rings is 3. The van der Waals surface area contributed by atoms with Gasteiger partial charge in [0, 0.05) is 11.3 Å². The smallest absolute Gasteiger partial charge is 0.261 e. The molecule has 1 amide bonds. The van der Waals surface area contributed by atoms with Crippen LogP contribution >= 0.6 is 0 Å². The first-order valence-electron chi connectivity index (χ1n) is 8.59. The van der Waals surface area contributed by atoms with Gasteiger partial charge in [-0.3, -0.25) is 9.52 Å². The Morgan fingerprint density at radius 1 is 0.929 bits per heavy atom. The zero-order valence-electron chi connectivity index (χ0n) is 15.1. The molecule has 3 rings (SSSR count). The molecule has 2 N–H and O–H groups in total. The van der Waals surface area contributed by atoms with E-state index < -0.39 is 15.8 Å². The summed E-state index contributed by atoms with van der Waals surface area (Å²) in [5.41, 5.74) is 1.40. The molecule has 0 radical (unpaired) electrons. The van der Waals surface area contributed by atoms with Crippen molar-refractivity contribution in [2.75, 3.05) is 4.72 Å². The third-order valence-electron chi connectivity index (χ3n) is 4.15. The van der Waals surface area contributed by atoms with Crippen LogP contribution in [-0.4, -0.2) is 14.3 Å². The molecule has 144 valence electrons. The second-order valence-electron chi connectivity index (χ2n) is 6.25. The predicted octanol–water partition coefficient (Wildman–Crippen LogP) is 4.12. The Hall–Kier alpha value is -3.19. The van der Waals surface area contributed by atoms with Crippen molar-refractivity contribution in [1.82, 2.24) is 5.32 Å². The van der Waals surface area contributed by atoms with Gasteiger partial charge in [0.2, 0.25) is 0 Å². The van der Waals surface area contributed by atoms with Crippen LogP contribution in [0.25, 0.3) is 0 Å². The van der Waals surface area contributed by atoms with Crippen LogP contribution in [0.2, 0.25) is 0 Å². The molecule has 0 fully saturated rings. The lowest BCUT2D eigenvalue weighted by Gasteiger charge is -2.15. The summed E-state index contributed by atoms with van der Waals surface area (Å²) in [6.45, 7) is 1.85. The molecule has 7 heteroatoms. The maximum atomic E-state index is 13.0. The Kier molecular flexibility index (Phi) is 5.75. The van der Waals surface area contributed by atoms with Gasteiger partial charge in [0.15, 0.2) is 0 Å². The normalized spacial score (nSPS) is 12.2. The Balaban J connectivity index is 1.77. The lowest BCUT2D eigenvalue weighted by Crippen LogP contribution is -2.26. The van der Waals surface area contributed by atoms with Crippen molar-refractivity contribution >= 4 is 21.6 Å². The second-order valence-corrected chi connectivity index (χ2v) is 7.93. The lowest BCUT2D eigenvalue weighted by molar-refractivity contribution is 0.0939. The molecule has 5 nitrogen and oxygen atoms in total. The average molecular weight is 398 g/mol. The maximum absolute atomic E-state index is 13.0. The fourth-order valence-electron chi connectivity index (χ4n) is 2.64. The van der Waals surface area contributed by atoms with E-state index in [1.165, 1.54) is 30.3 Å². The lowest BCUT2D eigenvalue weighted by atomic mass is 10.1. The topological polar surface area (TPSA) is 75.3 Å². The van der Waals surface area contributed by atoms with Crippen molar-refractivity contribution in [2.45, 2.75) is 17.9 Å². The van der Waals surface area contributed by atoms with Crippen molar-refractivity contribution in [1.29, 1.82) is 0 Å². The first kappa shape index (κ1) is 19.6. The molecule has 3 aromatic carbocycles. The Labute approximate surface area is 163 Å². The molecule has 0 bridgehead atoms. The number of carbonyl (C=O) groups excluding carboxylic acids is 1. The molecule has 0 aliphatic heterocycles. The number of hydrogen-bond donors (Lipinski definition) is 2. The van der Waals surface area contributed by atoms with Gasteiger partial charge in [-0.25, -0.2) is 12.8 Å². The third kappa shape index (κ3) is 4.75. The Bertz CT molecular complexity index is 1070. The number of sulfonamides is 1. The zero-order valence-corrected chi connectivity index (χ0v) is 15.9. The molecule has 1 atom stereocenters. The highest BCUT2D eigenvalue weighted by molar-refractivity contribution is 7.92.